The summed E-state index contributed by atoms with van der Waals surface area (Å²) in [4.78, 5) is 6.51. The lowest BCUT2D eigenvalue weighted by Gasteiger charge is -2.35. The Morgan fingerprint density at radius 2 is 1.68 bits per heavy atom. The third-order valence-corrected chi connectivity index (χ3v) is 8.07. The summed E-state index contributed by atoms with van der Waals surface area (Å²) in [5.74, 6) is 0.903. The van der Waals surface area contributed by atoms with Gasteiger partial charge in [-0.3, -0.25) is 0 Å². The van der Waals surface area contributed by atoms with Gasteiger partial charge in [0.25, 0.3) is 0 Å². The Morgan fingerprint density at radius 3 is 2.32 bits per heavy atom. The Kier molecular flexibility index (Phi) is 4.90. The molecule has 2 aromatic carbocycles. The molecule has 2 unspecified atom stereocenters. The van der Waals surface area contributed by atoms with Crippen LogP contribution in [0, 0.1) is 12.8 Å². The van der Waals surface area contributed by atoms with E-state index in [1.165, 1.54) is 42.2 Å². The number of fused-ring (bicyclic) bond motifs is 1. The molecule has 1 saturated carbocycles. The number of piperidine rings is 1. The quantitative estimate of drug-likeness (QED) is 0.696. The van der Waals surface area contributed by atoms with E-state index in [-0.39, 0.29) is 0 Å². The van der Waals surface area contributed by atoms with Crippen molar-refractivity contribution >= 4 is 17.6 Å². The van der Waals surface area contributed by atoms with Crippen molar-refractivity contribution in [3.63, 3.8) is 0 Å². The summed E-state index contributed by atoms with van der Waals surface area (Å²) in [5.41, 5.74) is 4.78. The molecule has 28 heavy (non-hydrogen) atoms. The van der Waals surface area contributed by atoms with Crippen molar-refractivity contribution in [2.45, 2.75) is 30.6 Å². The molecule has 2 aliphatic heterocycles. The molecule has 0 aromatic heterocycles. The van der Waals surface area contributed by atoms with Crippen LogP contribution in [0.15, 0.2) is 53.4 Å². The molecule has 0 radical (unpaired) electrons. The lowest BCUT2D eigenvalue weighted by molar-refractivity contribution is 0.314. The summed E-state index contributed by atoms with van der Waals surface area (Å²) in [7, 11) is 0. The van der Waals surface area contributed by atoms with Gasteiger partial charge in [0.2, 0.25) is 0 Å². The minimum absolute atomic E-state index is 0.484. The molecule has 0 bridgehead atoms. The predicted molar refractivity (Wildman–Crippen MR) is 119 cm³/mol. The van der Waals surface area contributed by atoms with E-state index in [0.717, 1.165) is 32.1 Å². The van der Waals surface area contributed by atoms with Crippen LogP contribution < -0.4 is 4.90 Å². The van der Waals surface area contributed by atoms with Gasteiger partial charge in [-0.05, 0) is 67.6 Å². The van der Waals surface area contributed by atoms with E-state index in [2.05, 4.69) is 76.5 Å². The summed E-state index contributed by atoms with van der Waals surface area (Å²) in [6.45, 7) is 12.6. The first kappa shape index (κ1) is 18.5. The summed E-state index contributed by atoms with van der Waals surface area (Å²) < 4.78 is 2.50. The second kappa shape index (κ2) is 7.40. The molecule has 2 heterocycles. The number of piperazine rings is 1. The number of rotatable bonds is 5. The third-order valence-electron chi connectivity index (χ3n) is 6.97. The summed E-state index contributed by atoms with van der Waals surface area (Å²) in [6.07, 6.45) is 1.40. The molecule has 2 atom stereocenters. The van der Waals surface area contributed by atoms with Crippen LogP contribution in [0.1, 0.15) is 24.5 Å². The summed E-state index contributed by atoms with van der Waals surface area (Å²) >= 11 is 1.90. The van der Waals surface area contributed by atoms with E-state index >= 15 is 0 Å². The molecule has 3 aliphatic rings. The van der Waals surface area contributed by atoms with Gasteiger partial charge >= 0.3 is 0 Å². The zero-order chi connectivity index (χ0) is 19.1. The van der Waals surface area contributed by atoms with Gasteiger partial charge in [-0.15, -0.1) is 0 Å². The van der Waals surface area contributed by atoms with Crippen LogP contribution >= 0.6 is 11.9 Å². The molecule has 0 amide bonds. The van der Waals surface area contributed by atoms with Crippen LogP contribution in [0.25, 0.3) is 0 Å². The van der Waals surface area contributed by atoms with E-state index in [9.17, 15) is 0 Å². The van der Waals surface area contributed by atoms with E-state index < -0.39 is 0 Å². The van der Waals surface area contributed by atoms with Crippen LogP contribution in [0.2, 0.25) is 0 Å². The van der Waals surface area contributed by atoms with Crippen molar-refractivity contribution in [2.24, 2.45) is 5.92 Å². The Hall–Kier alpha value is -1.49. The van der Waals surface area contributed by atoms with Crippen molar-refractivity contribution < 1.29 is 0 Å². The van der Waals surface area contributed by atoms with Crippen LogP contribution in [0.5, 0.6) is 0 Å². The highest BCUT2D eigenvalue weighted by Gasteiger charge is 2.60. The summed E-state index contributed by atoms with van der Waals surface area (Å²) in [5, 5.41) is 0. The Morgan fingerprint density at radius 1 is 0.964 bits per heavy atom. The van der Waals surface area contributed by atoms with Gasteiger partial charge in [-0.1, -0.05) is 36.8 Å². The molecule has 3 nitrogen and oxygen atoms in total. The van der Waals surface area contributed by atoms with Gasteiger partial charge in [-0.2, -0.15) is 0 Å². The second-order valence-electron chi connectivity index (χ2n) is 8.75. The van der Waals surface area contributed by atoms with Gasteiger partial charge in [0, 0.05) is 55.3 Å². The van der Waals surface area contributed by atoms with Crippen LogP contribution in [-0.2, 0) is 5.41 Å². The molecular weight excluding hydrogens is 362 g/mol. The molecule has 0 N–H and O–H groups in total. The predicted octanol–water partition coefficient (Wildman–Crippen LogP) is 4.42. The topological polar surface area (TPSA) is 9.72 Å². The maximum absolute atomic E-state index is 2.62. The molecule has 3 fully saturated rings. The maximum Gasteiger partial charge on any atom is 0.0367 e. The zero-order valence-electron chi connectivity index (χ0n) is 17.1. The van der Waals surface area contributed by atoms with Crippen molar-refractivity contribution in [3.8, 4) is 0 Å². The van der Waals surface area contributed by atoms with Gasteiger partial charge in [0.05, 0.1) is 0 Å². The highest BCUT2D eigenvalue weighted by atomic mass is 32.2. The number of hydrogen-bond donors (Lipinski definition) is 0. The van der Waals surface area contributed by atoms with Crippen molar-refractivity contribution in [3.05, 3.63) is 59.7 Å². The number of nitrogens with zero attached hydrogens (tertiary/aromatic N) is 3. The molecule has 2 aromatic rings. The van der Waals surface area contributed by atoms with Crippen molar-refractivity contribution in [1.82, 2.24) is 9.21 Å². The first-order valence-corrected chi connectivity index (χ1v) is 11.5. The molecule has 2 saturated heterocycles. The number of likely N-dealkylation sites (N-methyl/N-ethyl adjacent to an activating group) is 1. The van der Waals surface area contributed by atoms with Gasteiger partial charge in [0.1, 0.15) is 0 Å². The van der Waals surface area contributed by atoms with E-state index in [1.54, 1.807) is 5.56 Å². The normalized spacial score (nSPS) is 27.8. The van der Waals surface area contributed by atoms with Crippen LogP contribution in [0.4, 0.5) is 5.69 Å². The van der Waals surface area contributed by atoms with Crippen LogP contribution in [-0.4, -0.2) is 55.0 Å². The van der Waals surface area contributed by atoms with Gasteiger partial charge in [0.15, 0.2) is 0 Å². The molecular formula is C24H31N3S. The molecule has 148 valence electrons. The summed E-state index contributed by atoms with van der Waals surface area (Å²) in [6, 6.07) is 18.5. The fourth-order valence-electron chi connectivity index (χ4n) is 5.06. The highest BCUT2D eigenvalue weighted by molar-refractivity contribution is 7.97. The smallest absolute Gasteiger partial charge is 0.0367 e. The Balaban J connectivity index is 1.18. The first-order valence-electron chi connectivity index (χ1n) is 10.7. The van der Waals surface area contributed by atoms with Gasteiger partial charge in [-0.25, -0.2) is 4.31 Å². The number of likely N-dealkylation sites (tertiary alicyclic amines) is 1. The standard InChI is InChI=1S/C24H31N3S/c1-3-25-17-21-16-24(21,18-25)20-6-8-22(9-7-20)26-12-14-27(15-13-26)28-23-10-4-19(2)5-11-23/h4-11,21H,3,12-18H2,1-2H3. The number of hydrogen-bond acceptors (Lipinski definition) is 4. The SMILES string of the molecule is CCN1CC2CC2(c2ccc(N3CCN(Sc4ccc(C)cc4)CC3)cc2)C1. The van der Waals surface area contributed by atoms with E-state index in [0.29, 0.717) is 5.41 Å². The minimum atomic E-state index is 0.484. The average Bonchev–Trinajstić information content (AvgIpc) is 3.31. The molecule has 0 spiro atoms. The third kappa shape index (κ3) is 3.47. The largest absolute Gasteiger partial charge is 0.369 e. The van der Waals surface area contributed by atoms with Crippen molar-refractivity contribution in [1.29, 1.82) is 0 Å². The lowest BCUT2D eigenvalue weighted by atomic mass is 9.94. The first-order chi connectivity index (χ1) is 13.7. The van der Waals surface area contributed by atoms with Gasteiger partial charge < -0.3 is 9.80 Å². The fourth-order valence-corrected chi connectivity index (χ4v) is 5.97. The fraction of sp³-hybridized carbons (Fsp3) is 0.500. The Labute approximate surface area is 173 Å². The van der Waals surface area contributed by atoms with Crippen molar-refractivity contribution in [2.75, 3.05) is 50.7 Å². The monoisotopic (exact) mass is 393 g/mol. The molecule has 4 heteroatoms. The Bertz CT molecular complexity index is 811. The maximum atomic E-state index is 2.62. The molecule has 1 aliphatic carbocycles. The van der Waals surface area contributed by atoms with E-state index in [4.69, 9.17) is 0 Å². The molecule has 5 rings (SSSR count). The van der Waals surface area contributed by atoms with Crippen LogP contribution in [0.3, 0.4) is 0 Å². The number of anilines is 1. The number of aryl methyl sites for hydroxylation is 1. The average molecular weight is 394 g/mol. The lowest BCUT2D eigenvalue weighted by Crippen LogP contribution is -2.43. The minimum Gasteiger partial charge on any atom is -0.369 e. The zero-order valence-corrected chi connectivity index (χ0v) is 17.9. The van der Waals surface area contributed by atoms with E-state index in [1.807, 2.05) is 11.9 Å². The second-order valence-corrected chi connectivity index (χ2v) is 9.92. The highest BCUT2D eigenvalue weighted by Crippen LogP contribution is 2.59. The number of benzene rings is 2.